The van der Waals surface area contributed by atoms with Gasteiger partial charge < -0.3 is 121 Å². The zero-order valence-electron chi connectivity index (χ0n) is 71.1. The first kappa shape index (κ1) is 88.1. The maximum absolute atomic E-state index is 11.1. The van der Waals surface area contributed by atoms with Crippen LogP contribution in [0.3, 0.4) is 0 Å². The lowest BCUT2D eigenvalue weighted by Crippen LogP contribution is -2.44. The largest absolute Gasteiger partial charge is 0.387 e. The monoisotopic (exact) mass is 2040 g/mol. The molecule has 0 amide bonds. The number of ether oxygens (including phenoxy) is 6. The van der Waals surface area contributed by atoms with Gasteiger partial charge in [0.25, 0.3) is 0 Å². The second-order valence-corrected chi connectivity index (χ2v) is 38.6. The SMILES string of the molecule is Cc1ncnc2c1ccn2[C@@H]1O[C@@]2(CN[C@@H](c3ccc4cc(Br)c(N)nc4c3)C2)[C@@H](O)[C@H]1O.Cc1ncnc2c1ccn2[C@@H]1O[C@@]2(CN[C@H](c3ccc4cc(Br)c(N)nc4c3)C2)[C@@H](O)[C@H]1O.Cc1ncnc2c1ccn2[C@@H]1O[C@@]2(CO[C@@H](c3ccc4cc(Br)c(N)nc4c3)C2)[C@@H](O)[C@H]1O.Cc1ncnc2c1ccn2[C@@H]1O[C@@]2(CO[C@H](c3ccc4cc(Br)c(N)nc4c3)C2)[C@@H](O)[C@H]1O. The number of nitrogens with zero attached hydrogens (tertiary/aromatic N) is 16. The standard InChI is InChI=1S/2C23H23BrN6O3.2C23H22BrN5O4/c2*1-11-14-4-5-30(21(14)28-10-27-11)22-18(31)19(32)23(33-22)8-17(26-9-23)13-3-2-12-6-15(24)20(25)29-16(12)7-13;2*1-11-14-4-5-29(21(14)27-10-26-11)22-18(30)19(31)23(33-22)8-17(32-9-23)13-3-2-12-6-15(24)20(25)28-16(12)7-13/h2*2-7,10,17-19,22,26,31-32H,8-9H2,1H3,(H2,25,29);2*2-7,10,17-19,22,30-31H,8-9H2,1H3,(H2,25,28)/t17-,18+,19-,22+,23-;17-,18-,19+,22-,23+;17-,18+,19-,22+,23-;17-,18-,19+,22-,23+/m0101/s1. The number of nitrogens with two attached hydrogens (primary N) is 4. The van der Waals surface area contributed by atoms with Crippen LogP contribution in [0.2, 0.25) is 0 Å². The molecule has 24 rings (SSSR count). The van der Waals surface area contributed by atoms with Crippen LogP contribution in [-0.4, -0.2) is 216 Å². The highest BCUT2D eigenvalue weighted by atomic mass is 79.9. The van der Waals surface area contributed by atoms with E-state index in [1.54, 1.807) is 30.7 Å². The van der Waals surface area contributed by atoms with Gasteiger partial charge in [-0.1, -0.05) is 48.5 Å². The number of benzene rings is 4. The molecule has 4 aromatic carbocycles. The van der Waals surface area contributed by atoms with E-state index in [0.717, 1.165) is 128 Å². The number of hydrogen-bond donors (Lipinski definition) is 14. The quantitative estimate of drug-likeness (QED) is 0.0672. The third-order valence-corrected chi connectivity index (χ3v) is 29.9. The first-order valence-corrected chi connectivity index (χ1v) is 46.0. The topological polar surface area (TPSA) is 520 Å². The molecular formula is C92H90Br4N22O14. The summed E-state index contributed by atoms with van der Waals surface area (Å²) in [5.41, 5.74) is 32.9. The van der Waals surface area contributed by atoms with E-state index in [1.807, 2.05) is 161 Å². The fraction of sp³-hybridized carbons (Fsp3) is 0.348. The van der Waals surface area contributed by atoms with Crippen LogP contribution in [0, 0.1) is 27.7 Å². The molecule has 132 heavy (non-hydrogen) atoms. The van der Waals surface area contributed by atoms with E-state index in [0.29, 0.717) is 84.6 Å². The van der Waals surface area contributed by atoms with Crippen molar-refractivity contribution in [3.8, 4) is 0 Å². The molecule has 20 atom stereocenters. The molecule has 36 nitrogen and oxygen atoms in total. The molecular weight excluding hydrogens is 1960 g/mol. The maximum Gasteiger partial charge on any atom is 0.164 e. The second-order valence-electron chi connectivity index (χ2n) is 35.2. The minimum Gasteiger partial charge on any atom is -0.387 e. The van der Waals surface area contributed by atoms with Crippen LogP contribution >= 0.6 is 63.7 Å². The van der Waals surface area contributed by atoms with Crippen molar-refractivity contribution in [1.29, 1.82) is 0 Å². The van der Waals surface area contributed by atoms with Gasteiger partial charge in [-0.25, -0.2) is 59.8 Å². The molecule has 8 aliphatic heterocycles. The number of fused-ring (bicyclic) bond motifs is 8. The van der Waals surface area contributed by atoms with E-state index in [-0.39, 0.29) is 37.5 Å². The predicted molar refractivity (Wildman–Crippen MR) is 501 cm³/mol. The van der Waals surface area contributed by atoms with E-state index in [1.165, 1.54) is 25.3 Å². The van der Waals surface area contributed by atoms with Crippen molar-refractivity contribution in [1.82, 2.24) is 88.7 Å². The van der Waals surface area contributed by atoms with Crippen molar-refractivity contribution in [2.45, 2.75) is 174 Å². The average molecular weight is 2050 g/mol. The van der Waals surface area contributed by atoms with E-state index in [9.17, 15) is 40.9 Å². The fourth-order valence-electron chi connectivity index (χ4n) is 20.0. The fourth-order valence-corrected chi connectivity index (χ4v) is 21.4. The van der Waals surface area contributed by atoms with Gasteiger partial charge in [-0.15, -0.1) is 0 Å². The minimum absolute atomic E-state index is 0.0624. The Morgan fingerprint density at radius 3 is 0.879 bits per heavy atom. The summed E-state index contributed by atoms with van der Waals surface area (Å²) in [5.74, 6) is 1.71. The Kier molecular flexibility index (Phi) is 22.6. The lowest BCUT2D eigenvalue weighted by molar-refractivity contribution is -0.103. The van der Waals surface area contributed by atoms with Gasteiger partial charge in [0.2, 0.25) is 0 Å². The van der Waals surface area contributed by atoms with Crippen LogP contribution in [0.15, 0.2) is 189 Å². The van der Waals surface area contributed by atoms with Crippen molar-refractivity contribution in [3.63, 3.8) is 0 Å². The number of hydrogen-bond acceptors (Lipinski definition) is 32. The summed E-state index contributed by atoms with van der Waals surface area (Å²) in [4.78, 5) is 52.2. The molecule has 0 saturated carbocycles. The van der Waals surface area contributed by atoms with Crippen LogP contribution in [0.5, 0.6) is 0 Å². The van der Waals surface area contributed by atoms with Crippen LogP contribution in [0.1, 0.15) is 120 Å². The molecule has 18 N–H and O–H groups in total. The highest BCUT2D eigenvalue weighted by Gasteiger charge is 2.63. The molecule has 8 aliphatic rings. The summed E-state index contributed by atoms with van der Waals surface area (Å²) in [6.45, 7) is 8.76. The van der Waals surface area contributed by atoms with Gasteiger partial charge in [0.15, 0.2) is 24.9 Å². The molecule has 12 aromatic heterocycles. The van der Waals surface area contributed by atoms with Crippen molar-refractivity contribution in [2.24, 2.45) is 0 Å². The Morgan fingerprint density at radius 1 is 0.333 bits per heavy atom. The molecule has 680 valence electrons. The highest BCUT2D eigenvalue weighted by Crippen LogP contribution is 2.54. The Balaban J connectivity index is 0.000000106. The van der Waals surface area contributed by atoms with Gasteiger partial charge >= 0.3 is 0 Å². The van der Waals surface area contributed by atoms with E-state index in [2.05, 4.69) is 134 Å². The van der Waals surface area contributed by atoms with Crippen LogP contribution in [0.4, 0.5) is 23.3 Å². The van der Waals surface area contributed by atoms with Crippen molar-refractivity contribution >= 4 is 175 Å². The molecule has 0 aliphatic carbocycles. The van der Waals surface area contributed by atoms with E-state index in [4.69, 9.17) is 51.4 Å². The predicted octanol–water partition coefficient (Wildman–Crippen LogP) is 10.3. The molecule has 8 fully saturated rings. The smallest absolute Gasteiger partial charge is 0.164 e. The number of pyridine rings is 4. The number of aliphatic hydroxyl groups excluding tert-OH is 8. The molecule has 16 aromatic rings. The highest BCUT2D eigenvalue weighted by molar-refractivity contribution is 9.11. The van der Waals surface area contributed by atoms with Crippen molar-refractivity contribution < 1.29 is 69.3 Å². The van der Waals surface area contributed by atoms with Crippen LogP contribution in [-0.2, 0) is 28.4 Å². The Hall–Kier alpha value is -10.5. The number of rotatable bonds is 8. The number of halogens is 4. The molecule has 4 spiro atoms. The summed E-state index contributed by atoms with van der Waals surface area (Å²) in [6, 6.07) is 39.1. The molecule has 0 radical (unpaired) electrons. The molecule has 20 heterocycles. The number of aromatic nitrogens is 16. The van der Waals surface area contributed by atoms with E-state index < -0.39 is 96.1 Å². The zero-order chi connectivity index (χ0) is 91.6. The van der Waals surface area contributed by atoms with Gasteiger partial charge in [0.1, 0.15) is 142 Å². The number of anilines is 4. The number of aryl methyl sites for hydroxylation is 4. The summed E-state index contributed by atoms with van der Waals surface area (Å²) in [7, 11) is 0. The summed E-state index contributed by atoms with van der Waals surface area (Å²) >= 11 is 13.6. The number of aliphatic hydroxyl groups is 8. The molecule has 0 bridgehead atoms. The lowest BCUT2D eigenvalue weighted by Gasteiger charge is -2.26. The summed E-state index contributed by atoms with van der Waals surface area (Å²) in [6.07, 6.45) is 2.54. The van der Waals surface area contributed by atoms with Crippen LogP contribution < -0.4 is 33.6 Å². The molecule has 40 heteroatoms. The molecule has 0 unspecified atom stereocenters. The summed E-state index contributed by atoms with van der Waals surface area (Å²) < 4.78 is 47.7. The van der Waals surface area contributed by atoms with Gasteiger partial charge in [-0.05, 0) is 199 Å². The minimum atomic E-state index is -1.13. The Labute approximate surface area is 784 Å². The van der Waals surface area contributed by atoms with Gasteiger partial charge in [0.05, 0.1) is 88.2 Å². The van der Waals surface area contributed by atoms with Crippen molar-refractivity contribution in [2.75, 3.05) is 49.2 Å². The Morgan fingerprint density at radius 2 is 0.591 bits per heavy atom. The second kappa shape index (κ2) is 33.8. The zero-order valence-corrected chi connectivity index (χ0v) is 77.4. The third kappa shape index (κ3) is 15.1. The molecule has 8 saturated heterocycles. The Bertz CT molecular complexity index is 6420. The van der Waals surface area contributed by atoms with E-state index >= 15 is 0 Å². The average Bonchev–Trinajstić information content (AvgIpc) is 1.59. The maximum atomic E-state index is 11.1. The normalized spacial score (nSPS) is 29.6. The van der Waals surface area contributed by atoms with Gasteiger partial charge in [-0.2, -0.15) is 0 Å². The van der Waals surface area contributed by atoms with Gasteiger partial charge in [0, 0.05) is 106 Å². The third-order valence-electron chi connectivity index (χ3n) is 27.3. The van der Waals surface area contributed by atoms with Gasteiger partial charge in [-0.3, -0.25) is 0 Å². The van der Waals surface area contributed by atoms with Crippen molar-refractivity contribution in [3.05, 3.63) is 234 Å². The number of nitrogen functional groups attached to an aromatic ring is 4. The first-order chi connectivity index (χ1) is 63.4. The summed E-state index contributed by atoms with van der Waals surface area (Å²) in [5, 5.41) is 102. The van der Waals surface area contributed by atoms with Crippen LogP contribution in [0.25, 0.3) is 87.7 Å². The lowest BCUT2D eigenvalue weighted by atomic mass is 9.90. The number of nitrogens with one attached hydrogen (secondary N) is 2. The first-order valence-electron chi connectivity index (χ1n) is 42.9.